The smallest absolute Gasteiger partial charge is 0.118 e. The van der Waals surface area contributed by atoms with E-state index in [-0.39, 0.29) is 6.10 Å². The molecule has 2 saturated heterocycles. The molecule has 4 N–H and O–H groups in total. The van der Waals surface area contributed by atoms with Crippen molar-refractivity contribution >= 4 is 0 Å². The van der Waals surface area contributed by atoms with E-state index in [0.29, 0.717) is 17.5 Å². The lowest BCUT2D eigenvalue weighted by Gasteiger charge is -2.40. The maximum Gasteiger partial charge on any atom is 0.118 e. The quantitative estimate of drug-likeness (QED) is 0.517. The first-order valence-corrected chi connectivity index (χ1v) is 11.1. The summed E-state index contributed by atoms with van der Waals surface area (Å²) in [4.78, 5) is 0. The third kappa shape index (κ3) is 5.26. The lowest BCUT2D eigenvalue weighted by molar-refractivity contribution is -0.231. The van der Waals surface area contributed by atoms with Gasteiger partial charge in [-0.05, 0) is 54.2 Å². The number of nitriles is 1. The lowest BCUT2D eigenvalue weighted by atomic mass is 9.89. The minimum Gasteiger partial charge on any atom is -0.394 e. The average molecular weight is 450 g/mol. The van der Waals surface area contributed by atoms with Gasteiger partial charge in [0.2, 0.25) is 0 Å². The molecule has 2 heterocycles. The van der Waals surface area contributed by atoms with Crippen molar-refractivity contribution in [2.45, 2.75) is 55.9 Å². The molecular weight excluding hydrogens is 422 g/mol. The van der Waals surface area contributed by atoms with Gasteiger partial charge in [0, 0.05) is 12.2 Å². The zero-order valence-electron chi connectivity index (χ0n) is 18.1. The van der Waals surface area contributed by atoms with Crippen LogP contribution in [0.2, 0.25) is 0 Å². The van der Waals surface area contributed by atoms with Crippen LogP contribution in [0.4, 0.5) is 0 Å². The Labute approximate surface area is 192 Å². The Balaban J connectivity index is 1.53. The van der Waals surface area contributed by atoms with E-state index in [1.54, 1.807) is 18.2 Å². The molecule has 2 aliphatic heterocycles. The number of benzene rings is 2. The molecule has 0 spiro atoms. The number of ether oxygens (including phenoxy) is 2. The molecule has 0 unspecified atom stereocenters. The van der Waals surface area contributed by atoms with E-state index in [4.69, 9.17) is 9.47 Å². The molecule has 172 valence electrons. The third-order valence-corrected chi connectivity index (χ3v) is 6.13. The maximum absolute atomic E-state index is 10.4. The highest BCUT2D eigenvalue weighted by Gasteiger charge is 2.44. The molecule has 0 aliphatic carbocycles. The van der Waals surface area contributed by atoms with Crippen molar-refractivity contribution < 1.29 is 29.9 Å². The average Bonchev–Trinajstić information content (AvgIpc) is 3.36. The SMILES string of the molecule is N#Cc1ccc([C@@H]2O[C@H](CO)[C@@H](O)[C@H](O)[C@H]2O)cc1Cc1ccc(C#C[C@@H]2CCCO2)cc1. The van der Waals surface area contributed by atoms with E-state index in [2.05, 4.69) is 17.9 Å². The molecule has 6 atom stereocenters. The van der Waals surface area contributed by atoms with Crippen LogP contribution < -0.4 is 0 Å². The molecule has 4 rings (SSSR count). The van der Waals surface area contributed by atoms with Gasteiger partial charge in [-0.1, -0.05) is 36.1 Å². The highest BCUT2D eigenvalue weighted by atomic mass is 16.5. The van der Waals surface area contributed by atoms with Crippen molar-refractivity contribution in [2.75, 3.05) is 13.2 Å². The zero-order valence-corrected chi connectivity index (χ0v) is 18.1. The molecule has 7 nitrogen and oxygen atoms in total. The molecule has 0 aromatic heterocycles. The Kier molecular flexibility index (Phi) is 7.42. The molecule has 33 heavy (non-hydrogen) atoms. The van der Waals surface area contributed by atoms with E-state index in [1.165, 1.54) is 0 Å². The van der Waals surface area contributed by atoms with Gasteiger partial charge in [-0.2, -0.15) is 5.26 Å². The topological polar surface area (TPSA) is 123 Å². The Bertz CT molecular complexity index is 1060. The van der Waals surface area contributed by atoms with Crippen LogP contribution in [0.15, 0.2) is 42.5 Å². The molecule has 0 radical (unpaired) electrons. The van der Waals surface area contributed by atoms with Crippen molar-refractivity contribution in [3.63, 3.8) is 0 Å². The number of hydrogen-bond acceptors (Lipinski definition) is 7. The van der Waals surface area contributed by atoms with Gasteiger partial charge in [-0.15, -0.1) is 0 Å². The largest absolute Gasteiger partial charge is 0.394 e. The summed E-state index contributed by atoms with van der Waals surface area (Å²) < 4.78 is 11.2. The summed E-state index contributed by atoms with van der Waals surface area (Å²) >= 11 is 0. The second kappa shape index (κ2) is 10.5. The molecule has 0 bridgehead atoms. The number of nitrogens with zero attached hydrogens (tertiary/aromatic N) is 1. The van der Waals surface area contributed by atoms with Gasteiger partial charge < -0.3 is 29.9 Å². The summed E-state index contributed by atoms with van der Waals surface area (Å²) in [5, 5.41) is 49.6. The summed E-state index contributed by atoms with van der Waals surface area (Å²) in [6.45, 7) is 0.272. The van der Waals surface area contributed by atoms with Crippen LogP contribution >= 0.6 is 0 Å². The summed E-state index contributed by atoms with van der Waals surface area (Å²) in [5.74, 6) is 6.28. The van der Waals surface area contributed by atoms with Gasteiger partial charge in [0.1, 0.15) is 36.6 Å². The summed E-state index contributed by atoms with van der Waals surface area (Å²) in [6, 6.07) is 15.0. The molecule has 2 fully saturated rings. The van der Waals surface area contributed by atoms with Crippen molar-refractivity contribution in [3.8, 4) is 17.9 Å². The monoisotopic (exact) mass is 449 g/mol. The minimum atomic E-state index is -1.46. The predicted molar refractivity (Wildman–Crippen MR) is 119 cm³/mol. The number of aliphatic hydroxyl groups excluding tert-OH is 4. The fraction of sp³-hybridized carbons (Fsp3) is 0.423. The number of hydrogen-bond donors (Lipinski definition) is 4. The molecule has 0 saturated carbocycles. The molecule has 2 aromatic carbocycles. The first-order chi connectivity index (χ1) is 16.0. The Hall–Kier alpha value is -2.75. The van der Waals surface area contributed by atoms with Crippen LogP contribution in [0.3, 0.4) is 0 Å². The van der Waals surface area contributed by atoms with Crippen molar-refractivity contribution in [1.82, 2.24) is 0 Å². The van der Waals surface area contributed by atoms with Crippen LogP contribution in [-0.2, 0) is 15.9 Å². The predicted octanol–water partition coefficient (Wildman–Crippen LogP) is 1.19. The van der Waals surface area contributed by atoms with Crippen LogP contribution in [0.25, 0.3) is 0 Å². The van der Waals surface area contributed by atoms with E-state index in [1.807, 2.05) is 24.3 Å². The summed E-state index contributed by atoms with van der Waals surface area (Å²) in [7, 11) is 0. The van der Waals surface area contributed by atoms with E-state index < -0.39 is 37.1 Å². The van der Waals surface area contributed by atoms with Gasteiger partial charge in [-0.3, -0.25) is 0 Å². The highest BCUT2D eigenvalue weighted by molar-refractivity contribution is 5.45. The second-order valence-electron chi connectivity index (χ2n) is 8.42. The third-order valence-electron chi connectivity index (χ3n) is 6.13. The zero-order chi connectivity index (χ0) is 23.4. The Morgan fingerprint density at radius 3 is 2.45 bits per heavy atom. The highest BCUT2D eigenvalue weighted by Crippen LogP contribution is 2.33. The van der Waals surface area contributed by atoms with Crippen molar-refractivity contribution in [2.24, 2.45) is 0 Å². The van der Waals surface area contributed by atoms with E-state index in [9.17, 15) is 25.7 Å². The summed E-state index contributed by atoms with van der Waals surface area (Å²) in [6.07, 6.45) is -3.68. The van der Waals surface area contributed by atoms with E-state index in [0.717, 1.165) is 36.1 Å². The van der Waals surface area contributed by atoms with Crippen molar-refractivity contribution in [1.29, 1.82) is 5.26 Å². The fourth-order valence-corrected chi connectivity index (χ4v) is 4.20. The summed E-state index contributed by atoms with van der Waals surface area (Å²) in [5.41, 5.74) is 3.67. The van der Waals surface area contributed by atoms with Gasteiger partial charge in [0.25, 0.3) is 0 Å². The minimum absolute atomic E-state index is 0.00743. The van der Waals surface area contributed by atoms with Gasteiger partial charge in [-0.25, -0.2) is 0 Å². The molecular formula is C26H27NO6. The van der Waals surface area contributed by atoms with Gasteiger partial charge >= 0.3 is 0 Å². The molecule has 7 heteroatoms. The van der Waals surface area contributed by atoms with E-state index >= 15 is 0 Å². The standard InChI is InChI=1S/C26H27NO6/c27-14-19-9-8-18(26-25(31)24(30)23(29)22(15-28)33-26)13-20(19)12-17-5-3-16(4-6-17)7-10-21-2-1-11-32-21/h3-6,8-9,13,21-26,28-31H,1-2,11-12,15H2/t21-,22+,23+,24-,25+,26-/m0/s1. The number of aliphatic hydroxyl groups is 4. The fourth-order valence-electron chi connectivity index (χ4n) is 4.20. The van der Waals surface area contributed by atoms with Crippen LogP contribution in [0, 0.1) is 23.2 Å². The molecule has 0 amide bonds. The normalized spacial score (nSPS) is 29.2. The lowest BCUT2D eigenvalue weighted by Crippen LogP contribution is -2.55. The Morgan fingerprint density at radius 1 is 1.00 bits per heavy atom. The maximum atomic E-state index is 10.4. The molecule has 2 aliphatic rings. The van der Waals surface area contributed by atoms with Crippen LogP contribution in [0.1, 0.15) is 46.8 Å². The molecule has 2 aromatic rings. The van der Waals surface area contributed by atoms with Crippen LogP contribution in [0.5, 0.6) is 0 Å². The van der Waals surface area contributed by atoms with Crippen LogP contribution in [-0.4, -0.2) is 64.2 Å². The first kappa shape index (κ1) is 23.4. The number of rotatable bonds is 4. The van der Waals surface area contributed by atoms with Crippen molar-refractivity contribution in [3.05, 3.63) is 70.3 Å². The second-order valence-corrected chi connectivity index (χ2v) is 8.42. The first-order valence-electron chi connectivity index (χ1n) is 11.1. The Morgan fingerprint density at radius 2 is 1.79 bits per heavy atom. The van der Waals surface area contributed by atoms with Gasteiger partial charge in [0.05, 0.1) is 18.2 Å². The van der Waals surface area contributed by atoms with Gasteiger partial charge in [0.15, 0.2) is 0 Å².